The summed E-state index contributed by atoms with van der Waals surface area (Å²) in [6, 6.07) is 8.17. The summed E-state index contributed by atoms with van der Waals surface area (Å²) in [7, 11) is 1.65. The van der Waals surface area contributed by atoms with Crippen molar-refractivity contribution in [3.63, 3.8) is 0 Å². The molecular formula is C19H19N3O2S. The van der Waals surface area contributed by atoms with E-state index >= 15 is 0 Å². The van der Waals surface area contributed by atoms with Crippen molar-refractivity contribution in [2.24, 2.45) is 0 Å². The van der Waals surface area contributed by atoms with Crippen LogP contribution in [0, 0.1) is 6.92 Å². The van der Waals surface area contributed by atoms with Crippen LogP contribution in [0.5, 0.6) is 5.75 Å². The smallest absolute Gasteiger partial charge is 0.263 e. The maximum Gasteiger partial charge on any atom is 0.263 e. The van der Waals surface area contributed by atoms with Crippen molar-refractivity contribution < 1.29 is 9.53 Å². The summed E-state index contributed by atoms with van der Waals surface area (Å²) in [5.74, 6) is 1.10. The minimum Gasteiger partial charge on any atom is -0.497 e. The summed E-state index contributed by atoms with van der Waals surface area (Å²) in [6.07, 6.45) is 4.48. The third-order valence-electron chi connectivity index (χ3n) is 4.68. The maximum atomic E-state index is 12.7. The van der Waals surface area contributed by atoms with Crippen LogP contribution in [0.15, 0.2) is 36.7 Å². The Morgan fingerprint density at radius 1 is 1.32 bits per heavy atom. The molecule has 3 N–H and O–H groups in total. The largest absolute Gasteiger partial charge is 0.497 e. The molecule has 2 aromatic heterocycles. The second kappa shape index (κ2) is 6.04. The van der Waals surface area contributed by atoms with Crippen molar-refractivity contribution in [2.45, 2.75) is 25.3 Å². The molecule has 1 amide bonds. The van der Waals surface area contributed by atoms with Crippen LogP contribution in [0.2, 0.25) is 0 Å². The molecule has 3 aromatic rings. The zero-order valence-corrected chi connectivity index (χ0v) is 14.9. The molecule has 0 aliphatic heterocycles. The zero-order chi connectivity index (χ0) is 17.6. The van der Waals surface area contributed by atoms with Crippen LogP contribution in [-0.2, 0) is 0 Å². The van der Waals surface area contributed by atoms with E-state index in [9.17, 15) is 4.79 Å². The van der Waals surface area contributed by atoms with Gasteiger partial charge in [0.1, 0.15) is 10.6 Å². The number of aryl methyl sites for hydroxylation is 1. The number of nitrogens with zero attached hydrogens (tertiary/aromatic N) is 1. The van der Waals surface area contributed by atoms with Gasteiger partial charge in [0.05, 0.1) is 17.5 Å². The Labute approximate surface area is 149 Å². The first-order valence-corrected chi connectivity index (χ1v) is 8.97. The standard InChI is InChI=1S/C19H19N3O2S/c1-10-8-21-9-15-16(10)17(20)18(25-15)19(23)22-14-7-13(14)11-3-5-12(24-2)6-4-11/h3-6,8-9,13-14H,7,20H2,1-2H3,(H,22,23)/t13-,14+/m1/s1. The number of aromatic nitrogens is 1. The number of carbonyl (C=O) groups is 1. The summed E-state index contributed by atoms with van der Waals surface area (Å²) < 4.78 is 6.13. The van der Waals surface area contributed by atoms with Crippen LogP contribution < -0.4 is 15.8 Å². The van der Waals surface area contributed by atoms with Gasteiger partial charge in [-0.1, -0.05) is 12.1 Å². The Bertz CT molecular complexity index is 949. The second-order valence-corrected chi connectivity index (χ2v) is 7.42. The van der Waals surface area contributed by atoms with Gasteiger partial charge in [0, 0.05) is 29.7 Å². The highest BCUT2D eigenvalue weighted by molar-refractivity contribution is 7.21. The van der Waals surface area contributed by atoms with E-state index in [-0.39, 0.29) is 11.9 Å². The highest BCUT2D eigenvalue weighted by atomic mass is 32.1. The Morgan fingerprint density at radius 3 is 2.76 bits per heavy atom. The van der Waals surface area contributed by atoms with Crippen molar-refractivity contribution in [1.29, 1.82) is 0 Å². The molecule has 0 bridgehead atoms. The number of rotatable bonds is 4. The van der Waals surface area contributed by atoms with Crippen molar-refractivity contribution in [1.82, 2.24) is 10.3 Å². The summed E-state index contributed by atoms with van der Waals surface area (Å²) in [5.41, 5.74) is 8.99. The number of carbonyl (C=O) groups excluding carboxylic acids is 1. The molecule has 1 aliphatic rings. The number of nitrogens with two attached hydrogens (primary N) is 1. The Kier molecular flexibility index (Phi) is 3.84. The fourth-order valence-corrected chi connectivity index (χ4v) is 4.29. The number of ether oxygens (including phenoxy) is 1. The van der Waals surface area contributed by atoms with E-state index < -0.39 is 0 Å². The van der Waals surface area contributed by atoms with Crippen LogP contribution in [0.25, 0.3) is 10.1 Å². The van der Waals surface area contributed by atoms with Gasteiger partial charge < -0.3 is 15.8 Å². The quantitative estimate of drug-likeness (QED) is 0.753. The molecule has 1 aliphatic carbocycles. The number of hydrogen-bond donors (Lipinski definition) is 2. The zero-order valence-electron chi connectivity index (χ0n) is 14.1. The van der Waals surface area contributed by atoms with E-state index in [4.69, 9.17) is 10.5 Å². The first-order chi connectivity index (χ1) is 12.1. The number of methoxy groups -OCH3 is 1. The molecule has 2 atom stereocenters. The number of pyridine rings is 1. The molecule has 0 saturated heterocycles. The Morgan fingerprint density at radius 2 is 2.08 bits per heavy atom. The monoisotopic (exact) mass is 353 g/mol. The van der Waals surface area contributed by atoms with E-state index in [0.717, 1.165) is 27.8 Å². The topological polar surface area (TPSA) is 77.2 Å². The molecule has 6 heteroatoms. The van der Waals surface area contributed by atoms with Gasteiger partial charge in [-0.3, -0.25) is 9.78 Å². The molecule has 1 fully saturated rings. The number of nitrogen functional groups attached to an aromatic ring is 1. The van der Waals surface area contributed by atoms with Crippen LogP contribution in [0.1, 0.15) is 33.1 Å². The molecule has 128 valence electrons. The summed E-state index contributed by atoms with van der Waals surface area (Å²) in [5, 5.41) is 4.05. The highest BCUT2D eigenvalue weighted by Gasteiger charge is 2.40. The number of amides is 1. The second-order valence-electron chi connectivity index (χ2n) is 6.37. The van der Waals surface area contributed by atoms with Crippen LogP contribution >= 0.6 is 11.3 Å². The molecule has 0 unspecified atom stereocenters. The van der Waals surface area contributed by atoms with Gasteiger partial charge in [-0.05, 0) is 36.6 Å². The van der Waals surface area contributed by atoms with Gasteiger partial charge in [0.2, 0.25) is 0 Å². The van der Waals surface area contributed by atoms with E-state index in [1.54, 1.807) is 19.5 Å². The molecule has 4 rings (SSSR count). The minimum atomic E-state index is -0.0980. The maximum absolute atomic E-state index is 12.7. The SMILES string of the molecule is COc1ccc([C@H]2C[C@@H]2NC(=O)c2sc3cncc(C)c3c2N)cc1. The first-order valence-electron chi connectivity index (χ1n) is 8.16. The lowest BCUT2D eigenvalue weighted by atomic mass is 10.1. The van der Waals surface area contributed by atoms with E-state index in [1.807, 2.05) is 19.1 Å². The number of benzene rings is 1. The predicted octanol–water partition coefficient (Wildman–Crippen LogP) is 3.48. The van der Waals surface area contributed by atoms with Gasteiger partial charge in [-0.2, -0.15) is 0 Å². The van der Waals surface area contributed by atoms with Gasteiger partial charge in [0.15, 0.2) is 0 Å². The lowest BCUT2D eigenvalue weighted by Crippen LogP contribution is -2.26. The van der Waals surface area contributed by atoms with Crippen LogP contribution in [0.3, 0.4) is 0 Å². The summed E-state index contributed by atoms with van der Waals surface area (Å²) in [6.45, 7) is 1.96. The molecular weight excluding hydrogens is 334 g/mol. The van der Waals surface area contributed by atoms with Gasteiger partial charge in [-0.25, -0.2) is 0 Å². The minimum absolute atomic E-state index is 0.0980. The summed E-state index contributed by atoms with van der Waals surface area (Å²) >= 11 is 1.40. The van der Waals surface area contributed by atoms with Gasteiger partial charge in [-0.15, -0.1) is 11.3 Å². The average molecular weight is 353 g/mol. The molecule has 0 radical (unpaired) electrons. The highest BCUT2D eigenvalue weighted by Crippen LogP contribution is 2.42. The molecule has 1 saturated carbocycles. The number of nitrogens with one attached hydrogen (secondary N) is 1. The molecule has 2 heterocycles. The molecule has 1 aromatic carbocycles. The molecule has 25 heavy (non-hydrogen) atoms. The normalized spacial score (nSPS) is 19.0. The molecule has 5 nitrogen and oxygen atoms in total. The van der Waals surface area contributed by atoms with Gasteiger partial charge in [0.25, 0.3) is 5.91 Å². The lowest BCUT2D eigenvalue weighted by molar-refractivity contribution is 0.0955. The third kappa shape index (κ3) is 2.82. The fraction of sp³-hybridized carbons (Fsp3) is 0.263. The van der Waals surface area contributed by atoms with Crippen LogP contribution in [-0.4, -0.2) is 24.0 Å². The number of thiophene rings is 1. The van der Waals surface area contributed by atoms with Gasteiger partial charge >= 0.3 is 0 Å². The van der Waals surface area contributed by atoms with E-state index in [1.165, 1.54) is 16.9 Å². The number of fused-ring (bicyclic) bond motifs is 1. The van der Waals surface area contributed by atoms with E-state index in [2.05, 4.69) is 22.4 Å². The lowest BCUT2D eigenvalue weighted by Gasteiger charge is -2.05. The van der Waals surface area contributed by atoms with Crippen molar-refractivity contribution >= 4 is 33.0 Å². The van der Waals surface area contributed by atoms with Crippen molar-refractivity contribution in [3.8, 4) is 5.75 Å². The number of anilines is 1. The third-order valence-corrected chi connectivity index (χ3v) is 5.82. The molecule has 0 spiro atoms. The van der Waals surface area contributed by atoms with Crippen LogP contribution in [0.4, 0.5) is 5.69 Å². The first kappa shape index (κ1) is 15.9. The van der Waals surface area contributed by atoms with Crippen molar-refractivity contribution in [3.05, 3.63) is 52.7 Å². The van der Waals surface area contributed by atoms with E-state index in [0.29, 0.717) is 16.5 Å². The number of hydrogen-bond acceptors (Lipinski definition) is 5. The van der Waals surface area contributed by atoms with Crippen molar-refractivity contribution in [2.75, 3.05) is 12.8 Å². The fourth-order valence-electron chi connectivity index (χ4n) is 3.22. The predicted molar refractivity (Wildman–Crippen MR) is 100 cm³/mol. The Hall–Kier alpha value is -2.60. The average Bonchev–Trinajstić information content (AvgIpc) is 3.29. The summed E-state index contributed by atoms with van der Waals surface area (Å²) in [4.78, 5) is 17.4. The Balaban J connectivity index is 1.50.